The van der Waals surface area contributed by atoms with Gasteiger partial charge in [0.05, 0.1) is 11.7 Å². The molecule has 20 heavy (non-hydrogen) atoms. The van der Waals surface area contributed by atoms with E-state index >= 15 is 0 Å². The van der Waals surface area contributed by atoms with Crippen LogP contribution in [0.25, 0.3) is 5.52 Å². The number of carbonyl (C=O) groups is 1. The molecule has 0 radical (unpaired) electrons. The van der Waals surface area contributed by atoms with Gasteiger partial charge in [-0.1, -0.05) is 0 Å². The maximum atomic E-state index is 12.3. The van der Waals surface area contributed by atoms with E-state index in [1.165, 1.54) is 6.42 Å². The number of aromatic nitrogens is 2. The van der Waals surface area contributed by atoms with Crippen molar-refractivity contribution in [3.63, 3.8) is 0 Å². The Morgan fingerprint density at radius 2 is 2.35 bits per heavy atom. The summed E-state index contributed by atoms with van der Waals surface area (Å²) in [4.78, 5) is 16.6. The van der Waals surface area contributed by atoms with Gasteiger partial charge in [-0.3, -0.25) is 4.79 Å². The number of nitrogens with one attached hydrogen (secondary N) is 2. The SMILES string of the molecule is O=C(N[C@@H]1C[C@H]2CC[C@@H]1N2)c1cn2cc(Br)cc2cn1. The van der Waals surface area contributed by atoms with Crippen LogP contribution in [-0.2, 0) is 0 Å². The second-order valence-electron chi connectivity index (χ2n) is 5.63. The first-order valence-electron chi connectivity index (χ1n) is 6.89. The van der Waals surface area contributed by atoms with Crippen LogP contribution in [0.2, 0.25) is 0 Å². The van der Waals surface area contributed by atoms with Crippen molar-refractivity contribution in [3.05, 3.63) is 34.8 Å². The summed E-state index contributed by atoms with van der Waals surface area (Å²) in [7, 11) is 0. The van der Waals surface area contributed by atoms with Crippen molar-refractivity contribution in [2.75, 3.05) is 0 Å². The highest BCUT2D eigenvalue weighted by molar-refractivity contribution is 9.10. The molecule has 3 atom stereocenters. The molecule has 4 rings (SSSR count). The topological polar surface area (TPSA) is 58.4 Å². The van der Waals surface area contributed by atoms with E-state index in [1.54, 1.807) is 12.4 Å². The lowest BCUT2D eigenvalue weighted by atomic mass is 9.95. The van der Waals surface area contributed by atoms with Gasteiger partial charge in [0.1, 0.15) is 5.69 Å². The van der Waals surface area contributed by atoms with E-state index in [9.17, 15) is 4.79 Å². The fourth-order valence-electron chi connectivity index (χ4n) is 3.32. The molecule has 104 valence electrons. The van der Waals surface area contributed by atoms with Gasteiger partial charge in [0.15, 0.2) is 0 Å². The largest absolute Gasteiger partial charge is 0.346 e. The number of carbonyl (C=O) groups excluding carboxylic acids is 1. The zero-order chi connectivity index (χ0) is 13.7. The molecule has 0 unspecified atom stereocenters. The molecule has 1 amide bonds. The van der Waals surface area contributed by atoms with E-state index in [0.717, 1.165) is 22.8 Å². The summed E-state index contributed by atoms with van der Waals surface area (Å²) in [5.41, 5.74) is 1.43. The Kier molecular flexibility index (Phi) is 2.82. The highest BCUT2D eigenvalue weighted by Gasteiger charge is 2.39. The van der Waals surface area contributed by atoms with Crippen molar-refractivity contribution in [3.8, 4) is 0 Å². The number of nitrogens with zero attached hydrogens (tertiary/aromatic N) is 2. The molecule has 5 nitrogen and oxygen atoms in total. The molecule has 2 fully saturated rings. The van der Waals surface area contributed by atoms with Crippen molar-refractivity contribution < 1.29 is 4.79 Å². The summed E-state index contributed by atoms with van der Waals surface area (Å²) in [6.07, 6.45) is 8.85. The van der Waals surface area contributed by atoms with Gasteiger partial charge in [-0.15, -0.1) is 0 Å². The van der Waals surface area contributed by atoms with E-state index in [1.807, 2.05) is 16.7 Å². The van der Waals surface area contributed by atoms with Crippen LogP contribution in [0.15, 0.2) is 29.1 Å². The predicted octanol–water partition coefficient (Wildman–Crippen LogP) is 1.72. The molecule has 0 spiro atoms. The second-order valence-corrected chi connectivity index (χ2v) is 6.54. The predicted molar refractivity (Wildman–Crippen MR) is 78.7 cm³/mol. The fourth-order valence-corrected chi connectivity index (χ4v) is 3.78. The van der Waals surface area contributed by atoms with Gasteiger partial charge in [-0.2, -0.15) is 0 Å². The summed E-state index contributed by atoms with van der Waals surface area (Å²) < 4.78 is 2.89. The first-order valence-corrected chi connectivity index (χ1v) is 7.68. The minimum Gasteiger partial charge on any atom is -0.346 e. The van der Waals surface area contributed by atoms with E-state index < -0.39 is 0 Å². The second kappa shape index (κ2) is 4.56. The fraction of sp³-hybridized carbons (Fsp3) is 0.429. The Bertz CT molecular complexity index is 683. The summed E-state index contributed by atoms with van der Waals surface area (Å²) in [5, 5.41) is 6.63. The third-order valence-corrected chi connectivity index (χ3v) is 4.73. The maximum absolute atomic E-state index is 12.3. The zero-order valence-electron chi connectivity index (χ0n) is 10.8. The smallest absolute Gasteiger partial charge is 0.271 e. The number of rotatable bonds is 2. The molecule has 2 aromatic heterocycles. The number of amides is 1. The van der Waals surface area contributed by atoms with Crippen LogP contribution in [0.4, 0.5) is 0 Å². The summed E-state index contributed by atoms with van der Waals surface area (Å²) in [6.45, 7) is 0. The molecule has 0 aromatic carbocycles. The third-order valence-electron chi connectivity index (χ3n) is 4.29. The van der Waals surface area contributed by atoms with Gasteiger partial charge in [0, 0.05) is 35.0 Å². The van der Waals surface area contributed by atoms with E-state index in [4.69, 9.17) is 0 Å². The Morgan fingerprint density at radius 3 is 3.10 bits per heavy atom. The van der Waals surface area contributed by atoms with Gasteiger partial charge in [-0.25, -0.2) is 4.98 Å². The first kappa shape index (κ1) is 12.3. The van der Waals surface area contributed by atoms with Crippen molar-refractivity contribution >= 4 is 27.4 Å². The van der Waals surface area contributed by atoms with Crippen molar-refractivity contribution in [1.82, 2.24) is 20.0 Å². The molecule has 0 saturated carbocycles. The lowest BCUT2D eigenvalue weighted by Gasteiger charge is -2.21. The van der Waals surface area contributed by atoms with Gasteiger partial charge >= 0.3 is 0 Å². The minimum atomic E-state index is -0.0870. The van der Waals surface area contributed by atoms with E-state index in [0.29, 0.717) is 17.8 Å². The number of hydrogen-bond donors (Lipinski definition) is 2. The molecular formula is C14H15BrN4O. The maximum Gasteiger partial charge on any atom is 0.271 e. The average Bonchev–Trinajstić information content (AvgIpc) is 3.10. The molecular weight excluding hydrogens is 320 g/mol. The van der Waals surface area contributed by atoms with Crippen molar-refractivity contribution in [1.29, 1.82) is 0 Å². The highest BCUT2D eigenvalue weighted by atomic mass is 79.9. The first-order chi connectivity index (χ1) is 9.69. The van der Waals surface area contributed by atoms with E-state index in [-0.39, 0.29) is 11.9 Å². The number of fused-ring (bicyclic) bond motifs is 3. The summed E-state index contributed by atoms with van der Waals surface area (Å²) in [6, 6.07) is 3.24. The standard InChI is InChI=1S/C14H15BrN4O/c15-8-3-10-5-16-13(7-19(10)6-8)14(20)18-12-4-9-1-2-11(12)17-9/h3,5-7,9,11-12,17H,1-2,4H2,(H,18,20)/t9-,11+,12-/m1/s1. The molecule has 2 aromatic rings. The zero-order valence-corrected chi connectivity index (χ0v) is 12.4. The van der Waals surface area contributed by atoms with Gasteiger partial charge in [0.25, 0.3) is 5.91 Å². The molecule has 2 bridgehead atoms. The lowest BCUT2D eigenvalue weighted by Crippen LogP contribution is -2.43. The summed E-state index contributed by atoms with van der Waals surface area (Å²) >= 11 is 3.42. The monoisotopic (exact) mass is 334 g/mol. The normalized spacial score (nSPS) is 28.1. The summed E-state index contributed by atoms with van der Waals surface area (Å²) in [5.74, 6) is -0.0870. The minimum absolute atomic E-state index is 0.0870. The Balaban J connectivity index is 1.54. The van der Waals surface area contributed by atoms with E-state index in [2.05, 4.69) is 31.5 Å². The van der Waals surface area contributed by atoms with Crippen molar-refractivity contribution in [2.45, 2.75) is 37.4 Å². The average molecular weight is 335 g/mol. The lowest BCUT2D eigenvalue weighted by molar-refractivity contribution is 0.0925. The van der Waals surface area contributed by atoms with Crippen LogP contribution in [0.1, 0.15) is 29.8 Å². The van der Waals surface area contributed by atoms with Crippen molar-refractivity contribution in [2.24, 2.45) is 0 Å². The number of hydrogen-bond acceptors (Lipinski definition) is 3. The molecule has 2 aliphatic rings. The third kappa shape index (κ3) is 2.03. The quantitative estimate of drug-likeness (QED) is 0.879. The van der Waals surface area contributed by atoms with Gasteiger partial charge < -0.3 is 15.0 Å². The molecule has 6 heteroatoms. The van der Waals surface area contributed by atoms with Crippen LogP contribution >= 0.6 is 15.9 Å². The Morgan fingerprint density at radius 1 is 1.45 bits per heavy atom. The molecule has 2 saturated heterocycles. The molecule has 2 N–H and O–H groups in total. The van der Waals surface area contributed by atoms with Crippen LogP contribution < -0.4 is 10.6 Å². The number of halogens is 1. The van der Waals surface area contributed by atoms with Crippen LogP contribution in [0, 0.1) is 0 Å². The van der Waals surface area contributed by atoms with Gasteiger partial charge in [-0.05, 0) is 41.3 Å². The van der Waals surface area contributed by atoms with Crippen LogP contribution in [0.3, 0.4) is 0 Å². The van der Waals surface area contributed by atoms with Gasteiger partial charge in [0.2, 0.25) is 0 Å². The Labute approximate surface area is 124 Å². The van der Waals surface area contributed by atoms with Crippen LogP contribution in [-0.4, -0.2) is 33.4 Å². The molecule has 0 aliphatic carbocycles. The molecule has 2 aliphatic heterocycles. The highest BCUT2D eigenvalue weighted by Crippen LogP contribution is 2.28. The Hall–Kier alpha value is -1.40. The van der Waals surface area contributed by atoms with Crippen LogP contribution in [0.5, 0.6) is 0 Å². The molecule has 4 heterocycles.